The second-order valence-electron chi connectivity index (χ2n) is 7.02. The van der Waals surface area contributed by atoms with Gasteiger partial charge in [0.05, 0.1) is 12.7 Å². The van der Waals surface area contributed by atoms with Crippen LogP contribution in [0.25, 0.3) is 0 Å². The van der Waals surface area contributed by atoms with Gasteiger partial charge in [-0.2, -0.15) is 0 Å². The van der Waals surface area contributed by atoms with E-state index < -0.39 is 0 Å². The number of phenols is 1. The molecule has 3 rings (SSSR count). The highest BCUT2D eigenvalue weighted by molar-refractivity contribution is 5.38. The summed E-state index contributed by atoms with van der Waals surface area (Å²) in [4.78, 5) is 3.19. The van der Waals surface area contributed by atoms with E-state index in [1.807, 2.05) is 6.07 Å². The van der Waals surface area contributed by atoms with Crippen LogP contribution in [0.4, 0.5) is 0 Å². The fraction of sp³-hybridized carbons (Fsp3) is 0.429. The molecule has 2 aromatic rings. The number of ether oxygens (including phenoxy) is 1. The number of aromatic hydroxyl groups is 1. The van der Waals surface area contributed by atoms with Crippen LogP contribution in [0.5, 0.6) is 11.5 Å². The van der Waals surface area contributed by atoms with E-state index in [9.17, 15) is 5.11 Å². The molecule has 0 radical (unpaired) electrons. The Hall–Kier alpha value is -2.04. The smallest absolute Gasteiger partial charge is 0.127 e. The quantitative estimate of drug-likeness (QED) is 0.713. The third-order valence-electron chi connectivity index (χ3n) is 5.28. The minimum atomic E-state index is 0.374. The van der Waals surface area contributed by atoms with Crippen LogP contribution >= 0.6 is 0 Å². The molecule has 1 aliphatic heterocycles. The molecule has 4 nitrogen and oxygen atoms in total. The highest BCUT2D eigenvalue weighted by Gasteiger charge is 2.24. The molecule has 3 N–H and O–H groups in total. The van der Waals surface area contributed by atoms with Gasteiger partial charge in [-0.25, -0.2) is 0 Å². The fourth-order valence-corrected chi connectivity index (χ4v) is 3.59. The lowest BCUT2D eigenvalue weighted by molar-refractivity contribution is -1.02. The van der Waals surface area contributed by atoms with E-state index in [0.29, 0.717) is 5.75 Å². The summed E-state index contributed by atoms with van der Waals surface area (Å²) >= 11 is 0. The van der Waals surface area contributed by atoms with Crippen molar-refractivity contribution in [1.82, 2.24) is 0 Å². The maximum Gasteiger partial charge on any atom is 0.127 e. The van der Waals surface area contributed by atoms with Crippen LogP contribution in [0.3, 0.4) is 0 Å². The Balaban J connectivity index is 1.51. The highest BCUT2D eigenvalue weighted by Crippen LogP contribution is 2.21. The average molecular weight is 342 g/mol. The highest BCUT2D eigenvalue weighted by atomic mass is 16.5. The number of benzene rings is 2. The number of nitrogens with one attached hydrogen (secondary N) is 2. The second-order valence-corrected chi connectivity index (χ2v) is 7.02. The molecular weight excluding hydrogens is 312 g/mol. The summed E-state index contributed by atoms with van der Waals surface area (Å²) in [6.45, 7) is 8.80. The predicted molar refractivity (Wildman–Crippen MR) is 99.3 cm³/mol. The van der Waals surface area contributed by atoms with Crippen LogP contribution in [0.2, 0.25) is 0 Å². The largest absolute Gasteiger partial charge is 0.507 e. The Kier molecular flexibility index (Phi) is 5.95. The van der Waals surface area contributed by atoms with Crippen LogP contribution in [0, 0.1) is 0 Å². The Morgan fingerprint density at radius 2 is 1.48 bits per heavy atom. The molecule has 2 aromatic carbocycles. The molecule has 0 amide bonds. The molecule has 0 unspecified atom stereocenters. The van der Waals surface area contributed by atoms with E-state index in [1.165, 1.54) is 29.1 Å². The van der Waals surface area contributed by atoms with Crippen LogP contribution in [0.1, 0.15) is 23.6 Å². The fourth-order valence-electron chi connectivity index (χ4n) is 3.59. The lowest BCUT2D eigenvalue weighted by Crippen LogP contribution is -3.27. The first-order valence-electron chi connectivity index (χ1n) is 9.28. The standard InChI is InChI=1S/C21H28N2O2/c1-3-17-4-6-18(7-5-17)15-22-10-12-23(13-11-22)16-19-14-20(25-2)8-9-21(19)24/h4-9,14,24H,3,10-13,15-16H2,1-2H3/p+2. The summed E-state index contributed by atoms with van der Waals surface area (Å²) in [6.07, 6.45) is 1.10. The Morgan fingerprint density at radius 1 is 0.880 bits per heavy atom. The van der Waals surface area contributed by atoms with Crippen molar-refractivity contribution in [2.45, 2.75) is 26.4 Å². The molecule has 1 saturated heterocycles. The summed E-state index contributed by atoms with van der Waals surface area (Å²) in [5.41, 5.74) is 3.82. The van der Waals surface area contributed by atoms with Gasteiger partial charge in [0, 0.05) is 5.56 Å². The van der Waals surface area contributed by atoms with Crippen molar-refractivity contribution in [3.05, 3.63) is 59.2 Å². The van der Waals surface area contributed by atoms with Crippen molar-refractivity contribution < 1.29 is 19.6 Å². The van der Waals surface area contributed by atoms with E-state index in [1.54, 1.807) is 24.1 Å². The lowest BCUT2D eigenvalue weighted by atomic mass is 10.1. The van der Waals surface area contributed by atoms with Gasteiger partial charge in [-0.05, 0) is 30.2 Å². The summed E-state index contributed by atoms with van der Waals surface area (Å²) in [7, 11) is 1.66. The summed E-state index contributed by atoms with van der Waals surface area (Å²) < 4.78 is 5.27. The Labute approximate surface area is 150 Å². The molecule has 1 aliphatic rings. The monoisotopic (exact) mass is 342 g/mol. The van der Waals surface area contributed by atoms with Crippen LogP contribution in [-0.4, -0.2) is 38.4 Å². The minimum Gasteiger partial charge on any atom is -0.507 e. The molecule has 1 heterocycles. The molecule has 134 valence electrons. The van der Waals surface area contributed by atoms with Gasteiger partial charge in [-0.3, -0.25) is 0 Å². The first-order valence-corrected chi connectivity index (χ1v) is 9.28. The third-order valence-corrected chi connectivity index (χ3v) is 5.28. The van der Waals surface area contributed by atoms with E-state index in [4.69, 9.17) is 4.74 Å². The van der Waals surface area contributed by atoms with Gasteiger partial charge in [-0.1, -0.05) is 31.2 Å². The molecule has 0 bridgehead atoms. The zero-order valence-electron chi connectivity index (χ0n) is 15.3. The molecule has 0 aliphatic carbocycles. The van der Waals surface area contributed by atoms with Gasteiger partial charge in [-0.15, -0.1) is 0 Å². The number of rotatable bonds is 6. The number of methoxy groups -OCH3 is 1. The van der Waals surface area contributed by atoms with Gasteiger partial charge >= 0.3 is 0 Å². The van der Waals surface area contributed by atoms with Crippen LogP contribution in [0.15, 0.2) is 42.5 Å². The zero-order valence-corrected chi connectivity index (χ0v) is 15.3. The first kappa shape index (κ1) is 17.8. The van der Waals surface area contributed by atoms with Crippen molar-refractivity contribution in [2.75, 3.05) is 33.3 Å². The van der Waals surface area contributed by atoms with E-state index in [-0.39, 0.29) is 0 Å². The normalized spacial score (nSPS) is 20.4. The second kappa shape index (κ2) is 8.37. The molecule has 0 saturated carbocycles. The Bertz CT molecular complexity index is 677. The number of hydrogen-bond acceptors (Lipinski definition) is 2. The number of hydrogen-bond donors (Lipinski definition) is 3. The van der Waals surface area contributed by atoms with Crippen molar-refractivity contribution in [3.8, 4) is 11.5 Å². The van der Waals surface area contributed by atoms with Crippen molar-refractivity contribution >= 4 is 0 Å². The average Bonchev–Trinajstić information content (AvgIpc) is 2.66. The zero-order chi connectivity index (χ0) is 17.6. The van der Waals surface area contributed by atoms with Crippen LogP contribution < -0.4 is 14.5 Å². The molecule has 25 heavy (non-hydrogen) atoms. The summed E-state index contributed by atoms with van der Waals surface area (Å²) in [6, 6.07) is 14.5. The number of aryl methyl sites for hydroxylation is 1. The van der Waals surface area contributed by atoms with E-state index in [2.05, 4.69) is 31.2 Å². The molecular formula is C21H30N2O2+2. The van der Waals surface area contributed by atoms with Gasteiger partial charge < -0.3 is 19.6 Å². The molecule has 1 fully saturated rings. The van der Waals surface area contributed by atoms with E-state index >= 15 is 0 Å². The van der Waals surface area contributed by atoms with Gasteiger partial charge in [0.15, 0.2) is 0 Å². The maximum atomic E-state index is 10.1. The first-order chi connectivity index (χ1) is 12.2. The number of quaternary nitrogens is 2. The Morgan fingerprint density at radius 3 is 2.08 bits per heavy atom. The molecule has 0 aromatic heterocycles. The van der Waals surface area contributed by atoms with Gasteiger partial charge in [0.1, 0.15) is 50.8 Å². The van der Waals surface area contributed by atoms with Crippen molar-refractivity contribution in [2.24, 2.45) is 0 Å². The number of piperazine rings is 1. The number of phenolic OH excluding ortho intramolecular Hbond substituents is 1. The molecule has 0 atom stereocenters. The summed E-state index contributed by atoms with van der Waals surface area (Å²) in [5, 5.41) is 10.1. The maximum absolute atomic E-state index is 10.1. The summed E-state index contributed by atoms with van der Waals surface area (Å²) in [5.74, 6) is 1.19. The van der Waals surface area contributed by atoms with Crippen molar-refractivity contribution in [1.29, 1.82) is 0 Å². The van der Waals surface area contributed by atoms with Crippen molar-refractivity contribution in [3.63, 3.8) is 0 Å². The van der Waals surface area contributed by atoms with Gasteiger partial charge in [0.2, 0.25) is 0 Å². The minimum absolute atomic E-state index is 0.374. The lowest BCUT2D eigenvalue weighted by Gasteiger charge is -2.30. The van der Waals surface area contributed by atoms with E-state index in [0.717, 1.165) is 43.9 Å². The third kappa shape index (κ3) is 4.74. The van der Waals surface area contributed by atoms with Gasteiger partial charge in [0.25, 0.3) is 0 Å². The SMILES string of the molecule is CCc1ccc(C[NH+]2CC[NH+](Cc3cc(OC)ccc3O)CC2)cc1. The predicted octanol–water partition coefficient (Wildman–Crippen LogP) is 0.447. The molecule has 4 heteroatoms. The topological polar surface area (TPSA) is 38.3 Å². The van der Waals surface area contributed by atoms with Crippen LogP contribution in [-0.2, 0) is 19.5 Å². The molecule has 0 spiro atoms.